The predicted octanol–water partition coefficient (Wildman–Crippen LogP) is -0.325. The quantitative estimate of drug-likeness (QED) is 0.657. The molecule has 1 atom stereocenters. The van der Waals surface area contributed by atoms with Crippen LogP contribution in [0.5, 0.6) is 0 Å². The van der Waals surface area contributed by atoms with Gasteiger partial charge in [0.1, 0.15) is 6.10 Å². The number of methoxy groups -OCH3 is 1. The van der Waals surface area contributed by atoms with Crippen molar-refractivity contribution in [2.75, 3.05) is 13.7 Å². The molecule has 13 heavy (non-hydrogen) atoms. The molecule has 0 aromatic rings. The predicted molar refractivity (Wildman–Crippen MR) is 45.6 cm³/mol. The van der Waals surface area contributed by atoms with Crippen LogP contribution in [0.1, 0.15) is 19.8 Å². The monoisotopic (exact) mass is 186 g/mol. The molecule has 0 radical (unpaired) electrons. The first-order valence-corrected chi connectivity index (χ1v) is 4.29. The van der Waals surface area contributed by atoms with Crippen LogP contribution in [0.4, 0.5) is 0 Å². The molecule has 1 rings (SSSR count). The maximum absolute atomic E-state index is 11.2. The Morgan fingerprint density at radius 1 is 1.69 bits per heavy atom. The number of carbonyl (C=O) groups is 2. The van der Waals surface area contributed by atoms with Crippen LogP contribution in [-0.4, -0.2) is 36.6 Å². The highest BCUT2D eigenvalue weighted by atomic mass is 16.5. The maximum Gasteiger partial charge on any atom is 0.267 e. The lowest BCUT2D eigenvalue weighted by Gasteiger charge is -2.18. The third-order valence-corrected chi connectivity index (χ3v) is 2.04. The van der Waals surface area contributed by atoms with E-state index in [1.54, 1.807) is 6.92 Å². The van der Waals surface area contributed by atoms with Gasteiger partial charge < -0.3 is 4.74 Å². The lowest BCUT2D eigenvalue weighted by molar-refractivity contribution is -0.142. The average molecular weight is 186 g/mol. The Morgan fingerprint density at radius 3 is 2.85 bits per heavy atom. The largest absolute Gasteiger partial charge is 0.372 e. The zero-order chi connectivity index (χ0) is 9.84. The van der Waals surface area contributed by atoms with Crippen LogP contribution in [0.3, 0.4) is 0 Å². The summed E-state index contributed by atoms with van der Waals surface area (Å²) >= 11 is 0. The summed E-state index contributed by atoms with van der Waals surface area (Å²) in [5, 5.41) is 1.35. The third-order valence-electron chi connectivity index (χ3n) is 2.04. The first-order chi connectivity index (χ1) is 6.15. The van der Waals surface area contributed by atoms with E-state index in [4.69, 9.17) is 4.74 Å². The minimum Gasteiger partial charge on any atom is -0.372 e. The summed E-state index contributed by atoms with van der Waals surface area (Å²) < 4.78 is 4.81. The number of hydrogen-bond donors (Lipinski definition) is 1. The zero-order valence-electron chi connectivity index (χ0n) is 7.87. The zero-order valence-corrected chi connectivity index (χ0v) is 7.87. The Balaban J connectivity index is 2.39. The van der Waals surface area contributed by atoms with Gasteiger partial charge in [0, 0.05) is 20.1 Å². The normalized spacial score (nSPS) is 18.9. The average Bonchev–Trinajstić information content (AvgIpc) is 2.50. The lowest BCUT2D eigenvalue weighted by atomic mass is 10.4. The molecule has 0 aromatic carbocycles. The molecule has 1 unspecified atom stereocenters. The molecule has 1 aliphatic heterocycles. The molecule has 2 amide bonds. The Morgan fingerprint density at radius 2 is 2.38 bits per heavy atom. The van der Waals surface area contributed by atoms with E-state index >= 15 is 0 Å². The van der Waals surface area contributed by atoms with E-state index in [0.717, 1.165) is 6.42 Å². The molecule has 5 nitrogen and oxygen atoms in total. The van der Waals surface area contributed by atoms with Crippen molar-refractivity contribution < 1.29 is 14.3 Å². The van der Waals surface area contributed by atoms with Crippen molar-refractivity contribution in [2.24, 2.45) is 0 Å². The summed E-state index contributed by atoms with van der Waals surface area (Å²) in [7, 11) is 1.45. The van der Waals surface area contributed by atoms with Gasteiger partial charge in [0.25, 0.3) is 5.91 Å². The molecular weight excluding hydrogens is 172 g/mol. The number of ether oxygens (including phenoxy) is 1. The molecule has 0 saturated carbocycles. The van der Waals surface area contributed by atoms with Gasteiger partial charge in [0.2, 0.25) is 5.91 Å². The maximum atomic E-state index is 11.2. The summed E-state index contributed by atoms with van der Waals surface area (Å²) in [5.41, 5.74) is 2.50. The van der Waals surface area contributed by atoms with E-state index in [2.05, 4.69) is 5.43 Å². The van der Waals surface area contributed by atoms with Crippen molar-refractivity contribution >= 4 is 11.8 Å². The van der Waals surface area contributed by atoms with Crippen LogP contribution in [-0.2, 0) is 14.3 Å². The Kier molecular flexibility index (Phi) is 3.25. The van der Waals surface area contributed by atoms with E-state index in [1.165, 1.54) is 12.1 Å². The number of nitrogens with zero attached hydrogens (tertiary/aromatic N) is 1. The summed E-state index contributed by atoms with van der Waals surface area (Å²) in [4.78, 5) is 22.3. The molecule has 0 aromatic heterocycles. The molecule has 1 aliphatic rings. The van der Waals surface area contributed by atoms with Gasteiger partial charge in [-0.25, -0.2) is 0 Å². The smallest absolute Gasteiger partial charge is 0.267 e. The van der Waals surface area contributed by atoms with E-state index < -0.39 is 6.10 Å². The van der Waals surface area contributed by atoms with Crippen molar-refractivity contribution in [3.05, 3.63) is 0 Å². The van der Waals surface area contributed by atoms with Gasteiger partial charge in [-0.05, 0) is 13.3 Å². The van der Waals surface area contributed by atoms with Gasteiger partial charge in [-0.2, -0.15) is 0 Å². The highest BCUT2D eigenvalue weighted by molar-refractivity contribution is 5.85. The minimum atomic E-state index is -0.520. The van der Waals surface area contributed by atoms with Gasteiger partial charge in [0.15, 0.2) is 0 Å². The number of hydrazine groups is 1. The summed E-state index contributed by atoms with van der Waals surface area (Å²) in [6.45, 7) is 2.23. The van der Waals surface area contributed by atoms with E-state index in [0.29, 0.717) is 13.0 Å². The van der Waals surface area contributed by atoms with Gasteiger partial charge in [0.05, 0.1) is 0 Å². The van der Waals surface area contributed by atoms with Crippen LogP contribution in [0, 0.1) is 0 Å². The van der Waals surface area contributed by atoms with Crippen molar-refractivity contribution in [1.82, 2.24) is 10.4 Å². The van der Waals surface area contributed by atoms with E-state index in [1.807, 2.05) is 0 Å². The molecule has 0 aliphatic carbocycles. The number of nitrogens with one attached hydrogen (secondary N) is 1. The van der Waals surface area contributed by atoms with Crippen LogP contribution in [0.25, 0.3) is 0 Å². The van der Waals surface area contributed by atoms with E-state index in [9.17, 15) is 9.59 Å². The number of amides is 2. The fraction of sp³-hybridized carbons (Fsp3) is 0.750. The molecule has 74 valence electrons. The molecule has 1 N–H and O–H groups in total. The lowest BCUT2D eigenvalue weighted by Crippen LogP contribution is -2.47. The first kappa shape index (κ1) is 9.98. The SMILES string of the molecule is COC(C)C(=O)NN1CCCC1=O. The number of carbonyl (C=O) groups excluding carboxylic acids is 2. The Hall–Kier alpha value is -1.10. The molecule has 5 heteroatoms. The third kappa shape index (κ3) is 2.42. The second-order valence-electron chi connectivity index (χ2n) is 3.00. The van der Waals surface area contributed by atoms with Crippen LogP contribution in [0.2, 0.25) is 0 Å². The topological polar surface area (TPSA) is 58.6 Å². The highest BCUT2D eigenvalue weighted by Gasteiger charge is 2.23. The number of rotatable bonds is 3. The standard InChI is InChI=1S/C8H14N2O3/c1-6(13-2)8(12)9-10-5-3-4-7(10)11/h6H,3-5H2,1-2H3,(H,9,12). The van der Waals surface area contributed by atoms with Crippen LogP contribution in [0.15, 0.2) is 0 Å². The fourth-order valence-corrected chi connectivity index (χ4v) is 1.10. The molecular formula is C8H14N2O3. The van der Waals surface area contributed by atoms with Crippen molar-refractivity contribution in [3.63, 3.8) is 0 Å². The van der Waals surface area contributed by atoms with Crippen LogP contribution < -0.4 is 5.43 Å². The first-order valence-electron chi connectivity index (χ1n) is 4.29. The molecule has 1 saturated heterocycles. The second kappa shape index (κ2) is 4.23. The van der Waals surface area contributed by atoms with Gasteiger partial charge in [-0.3, -0.25) is 20.0 Å². The van der Waals surface area contributed by atoms with Crippen molar-refractivity contribution in [2.45, 2.75) is 25.9 Å². The minimum absolute atomic E-state index is 0.0309. The Labute approximate surface area is 77.0 Å². The summed E-state index contributed by atoms with van der Waals surface area (Å²) in [6.07, 6.45) is 0.802. The summed E-state index contributed by atoms with van der Waals surface area (Å²) in [5.74, 6) is -0.311. The van der Waals surface area contributed by atoms with Crippen LogP contribution >= 0.6 is 0 Å². The molecule has 0 bridgehead atoms. The van der Waals surface area contributed by atoms with Crippen molar-refractivity contribution in [1.29, 1.82) is 0 Å². The van der Waals surface area contributed by atoms with Gasteiger partial charge in [-0.1, -0.05) is 0 Å². The van der Waals surface area contributed by atoms with Gasteiger partial charge in [-0.15, -0.1) is 0 Å². The fourth-order valence-electron chi connectivity index (χ4n) is 1.10. The van der Waals surface area contributed by atoms with Crippen molar-refractivity contribution in [3.8, 4) is 0 Å². The van der Waals surface area contributed by atoms with Gasteiger partial charge >= 0.3 is 0 Å². The molecule has 1 fully saturated rings. The molecule has 0 spiro atoms. The Bertz CT molecular complexity index is 217. The number of hydrogen-bond acceptors (Lipinski definition) is 3. The molecule has 1 heterocycles. The second-order valence-corrected chi connectivity index (χ2v) is 3.00. The summed E-state index contributed by atoms with van der Waals surface area (Å²) in [6, 6.07) is 0. The highest BCUT2D eigenvalue weighted by Crippen LogP contribution is 2.06. The van der Waals surface area contributed by atoms with E-state index in [-0.39, 0.29) is 11.8 Å².